The Morgan fingerprint density at radius 2 is 2.14 bits per heavy atom. The number of aryl methyl sites for hydroxylation is 2. The second kappa shape index (κ2) is 9.87. The van der Waals surface area contributed by atoms with Crippen LogP contribution in [-0.2, 0) is 16.0 Å². The lowest BCUT2D eigenvalue weighted by molar-refractivity contribution is -0.138. The molecule has 8 nitrogen and oxygen atoms in total. The van der Waals surface area contributed by atoms with Crippen molar-refractivity contribution in [1.29, 1.82) is 0 Å². The molecule has 1 unspecified atom stereocenters. The number of aromatic nitrogens is 2. The maximum atomic E-state index is 12.4. The van der Waals surface area contributed by atoms with Gasteiger partial charge in [0.15, 0.2) is 0 Å². The number of carbonyl (C=O) groups excluding carboxylic acids is 2. The van der Waals surface area contributed by atoms with Gasteiger partial charge in [0, 0.05) is 19.5 Å². The van der Waals surface area contributed by atoms with Crippen LogP contribution in [0.2, 0.25) is 0 Å². The summed E-state index contributed by atoms with van der Waals surface area (Å²) in [6.07, 6.45) is 2.83. The van der Waals surface area contributed by atoms with E-state index in [0.717, 1.165) is 12.8 Å². The Morgan fingerprint density at radius 3 is 2.89 bits per heavy atom. The van der Waals surface area contributed by atoms with Crippen LogP contribution in [0.15, 0.2) is 35.0 Å². The predicted octanol–water partition coefficient (Wildman–Crippen LogP) is 1.74. The fraction of sp³-hybridized carbons (Fsp3) is 0.500. The molecular formula is C20H26N4O4. The van der Waals surface area contributed by atoms with Crippen LogP contribution in [0.4, 0.5) is 0 Å². The minimum atomic E-state index is -0.176. The van der Waals surface area contributed by atoms with E-state index >= 15 is 0 Å². The monoisotopic (exact) mass is 386 g/mol. The van der Waals surface area contributed by atoms with Gasteiger partial charge in [0.2, 0.25) is 11.8 Å². The molecule has 2 aromatic rings. The van der Waals surface area contributed by atoms with Crippen molar-refractivity contribution in [2.45, 2.75) is 32.6 Å². The van der Waals surface area contributed by atoms with Gasteiger partial charge < -0.3 is 15.0 Å². The fourth-order valence-corrected chi connectivity index (χ4v) is 3.28. The second-order valence-corrected chi connectivity index (χ2v) is 6.96. The Balaban J connectivity index is 1.38. The number of piperidine rings is 1. The first kappa shape index (κ1) is 19.9. The van der Waals surface area contributed by atoms with Crippen LogP contribution >= 0.6 is 0 Å². The quantitative estimate of drug-likeness (QED) is 0.660. The molecule has 8 heteroatoms. The van der Waals surface area contributed by atoms with Crippen LogP contribution in [0, 0.1) is 12.8 Å². The average molecular weight is 386 g/mol. The van der Waals surface area contributed by atoms with E-state index in [1.165, 1.54) is 5.56 Å². The molecule has 1 fully saturated rings. The molecule has 0 aliphatic carbocycles. The first-order valence-corrected chi connectivity index (χ1v) is 9.65. The highest BCUT2D eigenvalue weighted by atomic mass is 16.6. The third-order valence-electron chi connectivity index (χ3n) is 4.86. The number of nitrogens with one attached hydrogen (secondary N) is 1. The van der Waals surface area contributed by atoms with Crippen LogP contribution in [0.5, 0.6) is 5.88 Å². The third-order valence-corrected chi connectivity index (χ3v) is 4.86. The zero-order valence-corrected chi connectivity index (χ0v) is 16.1. The van der Waals surface area contributed by atoms with E-state index in [4.69, 9.17) is 4.74 Å². The van der Waals surface area contributed by atoms with Crippen molar-refractivity contribution in [2.24, 2.45) is 5.92 Å². The third kappa shape index (κ3) is 5.55. The van der Waals surface area contributed by atoms with Gasteiger partial charge in [-0.25, -0.2) is 4.63 Å². The SMILES string of the molecule is Cc1nonc1OCCNC(=O)C1CCC(=O)N(CCCc2ccccc2)C1. The van der Waals surface area contributed by atoms with Gasteiger partial charge in [-0.3, -0.25) is 9.59 Å². The summed E-state index contributed by atoms with van der Waals surface area (Å²) >= 11 is 0. The van der Waals surface area contributed by atoms with Gasteiger partial charge in [-0.1, -0.05) is 35.5 Å². The summed E-state index contributed by atoms with van der Waals surface area (Å²) in [5.41, 5.74) is 1.84. The molecule has 3 rings (SSSR count). The molecule has 2 heterocycles. The second-order valence-electron chi connectivity index (χ2n) is 6.96. The highest BCUT2D eigenvalue weighted by molar-refractivity contribution is 5.83. The van der Waals surface area contributed by atoms with Crippen LogP contribution in [-0.4, -0.2) is 53.3 Å². The number of nitrogens with zero attached hydrogens (tertiary/aromatic N) is 3. The van der Waals surface area contributed by atoms with E-state index in [1.807, 2.05) is 23.1 Å². The molecule has 1 N–H and O–H groups in total. The van der Waals surface area contributed by atoms with Crippen LogP contribution < -0.4 is 10.1 Å². The van der Waals surface area contributed by atoms with E-state index in [2.05, 4.69) is 32.4 Å². The summed E-state index contributed by atoms with van der Waals surface area (Å²) in [7, 11) is 0. The molecule has 28 heavy (non-hydrogen) atoms. The van der Waals surface area contributed by atoms with Gasteiger partial charge in [0.1, 0.15) is 12.3 Å². The zero-order valence-electron chi connectivity index (χ0n) is 16.1. The van der Waals surface area contributed by atoms with Crippen molar-refractivity contribution >= 4 is 11.8 Å². The van der Waals surface area contributed by atoms with E-state index in [0.29, 0.717) is 44.0 Å². The molecule has 0 radical (unpaired) electrons. The largest absolute Gasteiger partial charge is 0.472 e. The first-order valence-electron chi connectivity index (χ1n) is 9.65. The minimum Gasteiger partial charge on any atom is -0.472 e. The summed E-state index contributed by atoms with van der Waals surface area (Å²) in [4.78, 5) is 26.4. The fourth-order valence-electron chi connectivity index (χ4n) is 3.28. The summed E-state index contributed by atoms with van der Waals surface area (Å²) in [5, 5.41) is 10.1. The van der Waals surface area contributed by atoms with Crippen LogP contribution in [0.3, 0.4) is 0 Å². The van der Waals surface area contributed by atoms with Crippen LogP contribution in [0.1, 0.15) is 30.5 Å². The molecule has 2 amide bonds. The predicted molar refractivity (Wildman–Crippen MR) is 102 cm³/mol. The van der Waals surface area contributed by atoms with Gasteiger partial charge in [-0.15, -0.1) is 0 Å². The number of rotatable bonds is 9. The summed E-state index contributed by atoms with van der Waals surface area (Å²) in [6, 6.07) is 10.2. The number of hydrogen-bond donors (Lipinski definition) is 1. The van der Waals surface area contributed by atoms with Gasteiger partial charge in [0.25, 0.3) is 5.88 Å². The van der Waals surface area contributed by atoms with E-state index in [1.54, 1.807) is 6.92 Å². The van der Waals surface area contributed by atoms with Crippen molar-refractivity contribution in [1.82, 2.24) is 20.5 Å². The normalized spacial score (nSPS) is 16.8. The average Bonchev–Trinajstić information content (AvgIpc) is 3.12. The Labute approximate surface area is 164 Å². The molecular weight excluding hydrogens is 360 g/mol. The van der Waals surface area contributed by atoms with Gasteiger partial charge in [-0.05, 0) is 36.9 Å². The first-order chi connectivity index (χ1) is 13.6. The van der Waals surface area contributed by atoms with Crippen molar-refractivity contribution < 1.29 is 19.0 Å². The highest BCUT2D eigenvalue weighted by Gasteiger charge is 2.29. The van der Waals surface area contributed by atoms with Crippen molar-refractivity contribution in [2.75, 3.05) is 26.2 Å². The van der Waals surface area contributed by atoms with Crippen LogP contribution in [0.25, 0.3) is 0 Å². The molecule has 1 aliphatic rings. The lowest BCUT2D eigenvalue weighted by Gasteiger charge is -2.32. The highest BCUT2D eigenvalue weighted by Crippen LogP contribution is 2.18. The van der Waals surface area contributed by atoms with E-state index in [-0.39, 0.29) is 24.3 Å². The molecule has 1 aliphatic heterocycles. The maximum Gasteiger partial charge on any atom is 0.278 e. The number of likely N-dealkylation sites (tertiary alicyclic amines) is 1. The molecule has 0 saturated carbocycles. The molecule has 0 spiro atoms. The Bertz CT molecular complexity index is 778. The van der Waals surface area contributed by atoms with Crippen molar-refractivity contribution in [3.8, 4) is 5.88 Å². The lowest BCUT2D eigenvalue weighted by atomic mass is 9.96. The number of ether oxygens (including phenoxy) is 1. The Morgan fingerprint density at radius 1 is 1.32 bits per heavy atom. The molecule has 1 saturated heterocycles. The maximum absolute atomic E-state index is 12.4. The molecule has 1 atom stereocenters. The van der Waals surface area contributed by atoms with E-state index < -0.39 is 0 Å². The minimum absolute atomic E-state index is 0.0424. The van der Waals surface area contributed by atoms with E-state index in [9.17, 15) is 9.59 Å². The standard InChI is InChI=1S/C20H26N4O4/c1-15-20(23-28-22-15)27-13-11-21-19(26)17-9-10-18(25)24(14-17)12-5-8-16-6-3-2-4-7-16/h2-4,6-7,17H,5,8-14H2,1H3,(H,21,26). The Hall–Kier alpha value is -2.90. The lowest BCUT2D eigenvalue weighted by Crippen LogP contribution is -2.46. The van der Waals surface area contributed by atoms with Gasteiger partial charge in [0.05, 0.1) is 12.5 Å². The number of amides is 2. The topological polar surface area (TPSA) is 97.6 Å². The zero-order chi connectivity index (χ0) is 19.8. The summed E-state index contributed by atoms with van der Waals surface area (Å²) in [5.74, 6) is 0.251. The smallest absolute Gasteiger partial charge is 0.278 e. The molecule has 150 valence electrons. The Kier molecular flexibility index (Phi) is 7.00. The summed E-state index contributed by atoms with van der Waals surface area (Å²) < 4.78 is 9.95. The molecule has 1 aromatic carbocycles. The number of benzene rings is 1. The van der Waals surface area contributed by atoms with Crippen molar-refractivity contribution in [3.05, 3.63) is 41.6 Å². The molecule has 1 aromatic heterocycles. The van der Waals surface area contributed by atoms with Gasteiger partial charge in [-0.2, -0.15) is 0 Å². The molecule has 0 bridgehead atoms. The van der Waals surface area contributed by atoms with Gasteiger partial charge >= 0.3 is 0 Å². The van der Waals surface area contributed by atoms with Crippen molar-refractivity contribution in [3.63, 3.8) is 0 Å². The number of carbonyl (C=O) groups is 2. The summed E-state index contributed by atoms with van der Waals surface area (Å²) in [6.45, 7) is 3.54. The number of hydrogen-bond acceptors (Lipinski definition) is 6.